The van der Waals surface area contributed by atoms with Gasteiger partial charge < -0.3 is 10.1 Å². The zero-order valence-electron chi connectivity index (χ0n) is 14.9. The van der Waals surface area contributed by atoms with Crippen LogP contribution in [0.5, 0.6) is 5.75 Å². The lowest BCUT2D eigenvalue weighted by atomic mass is 9.48. The van der Waals surface area contributed by atoms with Crippen molar-refractivity contribution in [1.82, 2.24) is 25.5 Å². The summed E-state index contributed by atoms with van der Waals surface area (Å²) in [5, 5.41) is 16.7. The van der Waals surface area contributed by atoms with E-state index in [1.807, 2.05) is 28.9 Å². The van der Waals surface area contributed by atoms with Crippen molar-refractivity contribution < 1.29 is 4.74 Å². The van der Waals surface area contributed by atoms with Gasteiger partial charge in [-0.05, 0) is 85.4 Å². The average Bonchev–Trinajstić information content (AvgIpc) is 3.11. The van der Waals surface area contributed by atoms with Gasteiger partial charge in [0.15, 0.2) is 5.82 Å². The molecule has 0 saturated heterocycles. The van der Waals surface area contributed by atoms with E-state index in [2.05, 4.69) is 27.9 Å². The van der Waals surface area contributed by atoms with Gasteiger partial charge in [0, 0.05) is 0 Å². The van der Waals surface area contributed by atoms with E-state index in [0.717, 1.165) is 29.1 Å². The quantitative estimate of drug-likeness (QED) is 0.927. The SMILES string of the molecule is CNC1(c2nnnn2-c2ccccc2OC)C2CC3CC(C2)CC1C3. The van der Waals surface area contributed by atoms with Crippen molar-refractivity contribution in [1.29, 1.82) is 0 Å². The first-order valence-electron chi connectivity index (χ1n) is 9.37. The molecule has 0 aliphatic heterocycles. The van der Waals surface area contributed by atoms with Gasteiger partial charge >= 0.3 is 0 Å². The van der Waals surface area contributed by atoms with E-state index in [1.54, 1.807) is 7.11 Å². The molecule has 4 bridgehead atoms. The molecule has 1 heterocycles. The Morgan fingerprint density at radius 2 is 1.76 bits per heavy atom. The molecule has 0 spiro atoms. The predicted octanol–water partition coefficient (Wildman–Crippen LogP) is 2.54. The Balaban J connectivity index is 1.65. The lowest BCUT2D eigenvalue weighted by Crippen LogP contribution is -2.62. The van der Waals surface area contributed by atoms with E-state index in [-0.39, 0.29) is 5.54 Å². The molecule has 4 fully saturated rings. The molecular weight excluding hydrogens is 314 g/mol. The molecule has 1 aromatic heterocycles. The van der Waals surface area contributed by atoms with Crippen molar-refractivity contribution in [2.75, 3.05) is 14.2 Å². The molecule has 132 valence electrons. The number of hydrogen-bond acceptors (Lipinski definition) is 5. The summed E-state index contributed by atoms with van der Waals surface area (Å²) < 4.78 is 7.46. The van der Waals surface area contributed by atoms with E-state index in [1.165, 1.54) is 32.1 Å². The first-order valence-corrected chi connectivity index (χ1v) is 9.37. The fourth-order valence-electron chi connectivity index (χ4n) is 6.22. The second kappa shape index (κ2) is 5.53. The van der Waals surface area contributed by atoms with Crippen LogP contribution in [0.25, 0.3) is 5.69 Å². The van der Waals surface area contributed by atoms with Crippen molar-refractivity contribution in [3.05, 3.63) is 30.1 Å². The van der Waals surface area contributed by atoms with E-state index >= 15 is 0 Å². The molecule has 6 heteroatoms. The summed E-state index contributed by atoms with van der Waals surface area (Å²) in [6.45, 7) is 0. The Morgan fingerprint density at radius 3 is 2.40 bits per heavy atom. The first kappa shape index (κ1) is 15.3. The standard InChI is InChI=1S/C19H25N5O/c1-20-19(14-8-12-7-13(10-14)11-15(19)9-12)18-21-22-23-24(18)16-5-3-4-6-17(16)25-2/h3-6,12-15,20H,7-11H2,1-2H3. The fourth-order valence-corrected chi connectivity index (χ4v) is 6.22. The molecule has 25 heavy (non-hydrogen) atoms. The minimum atomic E-state index is -0.127. The van der Waals surface area contributed by atoms with Crippen LogP contribution in [0, 0.1) is 23.7 Å². The van der Waals surface area contributed by atoms with Crippen LogP contribution < -0.4 is 10.1 Å². The maximum absolute atomic E-state index is 5.56. The van der Waals surface area contributed by atoms with Gasteiger partial charge in [0.2, 0.25) is 0 Å². The number of benzene rings is 1. The van der Waals surface area contributed by atoms with Crippen LogP contribution in [-0.4, -0.2) is 34.4 Å². The van der Waals surface area contributed by atoms with Gasteiger partial charge in [-0.25, -0.2) is 0 Å². The monoisotopic (exact) mass is 339 g/mol. The number of para-hydroxylation sites is 2. The number of ether oxygens (including phenoxy) is 1. The van der Waals surface area contributed by atoms with Crippen molar-refractivity contribution in [3.8, 4) is 11.4 Å². The fraction of sp³-hybridized carbons (Fsp3) is 0.632. The molecule has 4 saturated carbocycles. The first-order chi connectivity index (χ1) is 12.3. The predicted molar refractivity (Wildman–Crippen MR) is 93.5 cm³/mol. The average molecular weight is 339 g/mol. The Hall–Kier alpha value is -1.95. The second-order valence-corrected chi connectivity index (χ2v) is 8.01. The number of aromatic nitrogens is 4. The highest BCUT2D eigenvalue weighted by Crippen LogP contribution is 2.61. The summed E-state index contributed by atoms with van der Waals surface area (Å²) in [5.41, 5.74) is 0.783. The molecule has 2 aromatic rings. The largest absolute Gasteiger partial charge is 0.494 e. The Morgan fingerprint density at radius 1 is 1.08 bits per heavy atom. The molecule has 1 N–H and O–H groups in total. The molecule has 0 atom stereocenters. The Labute approximate surface area is 147 Å². The normalized spacial score (nSPS) is 35.9. The molecular formula is C19H25N5O. The number of methoxy groups -OCH3 is 1. The summed E-state index contributed by atoms with van der Waals surface area (Å²) in [6, 6.07) is 7.97. The number of nitrogens with one attached hydrogen (secondary N) is 1. The third-order valence-corrected chi connectivity index (χ3v) is 6.99. The molecule has 6 rings (SSSR count). The Bertz CT molecular complexity index is 758. The Kier molecular flexibility index (Phi) is 3.39. The molecule has 4 aliphatic carbocycles. The summed E-state index contributed by atoms with van der Waals surface area (Å²) in [5.74, 6) is 4.79. The number of rotatable bonds is 4. The van der Waals surface area contributed by atoms with Crippen LogP contribution >= 0.6 is 0 Å². The van der Waals surface area contributed by atoms with Crippen LogP contribution in [-0.2, 0) is 5.54 Å². The topological polar surface area (TPSA) is 64.9 Å². The molecule has 4 aliphatic rings. The lowest BCUT2D eigenvalue weighted by molar-refractivity contribution is -0.0795. The second-order valence-electron chi connectivity index (χ2n) is 8.01. The number of hydrogen-bond donors (Lipinski definition) is 1. The highest BCUT2D eigenvalue weighted by Gasteiger charge is 2.59. The van der Waals surface area contributed by atoms with Crippen LogP contribution in [0.3, 0.4) is 0 Å². The third kappa shape index (κ3) is 2.03. The van der Waals surface area contributed by atoms with Crippen molar-refractivity contribution in [2.45, 2.75) is 37.6 Å². The minimum absolute atomic E-state index is 0.127. The van der Waals surface area contributed by atoms with Gasteiger partial charge in [-0.1, -0.05) is 12.1 Å². The van der Waals surface area contributed by atoms with Gasteiger partial charge in [-0.15, -0.1) is 5.10 Å². The van der Waals surface area contributed by atoms with E-state index < -0.39 is 0 Å². The molecule has 0 amide bonds. The molecule has 1 aromatic carbocycles. The van der Waals surface area contributed by atoms with E-state index in [9.17, 15) is 0 Å². The summed E-state index contributed by atoms with van der Waals surface area (Å²) in [4.78, 5) is 0. The summed E-state index contributed by atoms with van der Waals surface area (Å²) in [6.07, 6.45) is 6.63. The van der Waals surface area contributed by atoms with Crippen molar-refractivity contribution >= 4 is 0 Å². The van der Waals surface area contributed by atoms with Gasteiger partial charge in [-0.2, -0.15) is 4.68 Å². The van der Waals surface area contributed by atoms with E-state index in [0.29, 0.717) is 11.8 Å². The third-order valence-electron chi connectivity index (χ3n) is 6.99. The highest BCUT2D eigenvalue weighted by molar-refractivity contribution is 5.46. The van der Waals surface area contributed by atoms with Gasteiger partial charge in [0.05, 0.1) is 12.6 Å². The summed E-state index contributed by atoms with van der Waals surface area (Å²) >= 11 is 0. The minimum Gasteiger partial charge on any atom is -0.494 e. The zero-order valence-corrected chi connectivity index (χ0v) is 14.9. The molecule has 0 unspecified atom stereocenters. The molecule has 6 nitrogen and oxygen atoms in total. The highest BCUT2D eigenvalue weighted by atomic mass is 16.5. The summed E-state index contributed by atoms with van der Waals surface area (Å²) in [7, 11) is 3.78. The van der Waals surface area contributed by atoms with Crippen molar-refractivity contribution in [2.24, 2.45) is 23.7 Å². The van der Waals surface area contributed by atoms with Gasteiger partial charge in [0.1, 0.15) is 11.4 Å². The van der Waals surface area contributed by atoms with Crippen LogP contribution in [0.15, 0.2) is 24.3 Å². The zero-order chi connectivity index (χ0) is 17.0. The van der Waals surface area contributed by atoms with E-state index in [4.69, 9.17) is 4.74 Å². The van der Waals surface area contributed by atoms with Crippen LogP contribution in [0.1, 0.15) is 37.9 Å². The number of tetrazole rings is 1. The van der Waals surface area contributed by atoms with Crippen LogP contribution in [0.2, 0.25) is 0 Å². The number of nitrogens with zero attached hydrogens (tertiary/aromatic N) is 4. The van der Waals surface area contributed by atoms with Crippen molar-refractivity contribution in [3.63, 3.8) is 0 Å². The maximum atomic E-state index is 5.56. The van der Waals surface area contributed by atoms with Gasteiger partial charge in [0.25, 0.3) is 0 Å². The maximum Gasteiger partial charge on any atom is 0.177 e. The van der Waals surface area contributed by atoms with Gasteiger partial charge in [-0.3, -0.25) is 0 Å². The molecule has 0 radical (unpaired) electrons. The van der Waals surface area contributed by atoms with Crippen LogP contribution in [0.4, 0.5) is 0 Å². The lowest BCUT2D eigenvalue weighted by Gasteiger charge is -2.60. The smallest absolute Gasteiger partial charge is 0.177 e.